The molecule has 116 valence electrons. The van der Waals surface area contributed by atoms with Gasteiger partial charge in [0.2, 0.25) is 0 Å². The molecule has 0 radical (unpaired) electrons. The minimum atomic E-state index is -0.0969. The second kappa shape index (κ2) is 7.45. The summed E-state index contributed by atoms with van der Waals surface area (Å²) in [5, 5.41) is 0. The Morgan fingerprint density at radius 3 is 2.64 bits per heavy atom. The van der Waals surface area contributed by atoms with Crippen LogP contribution in [0.2, 0.25) is 0 Å². The Morgan fingerprint density at radius 1 is 1.27 bits per heavy atom. The zero-order chi connectivity index (χ0) is 15.9. The van der Waals surface area contributed by atoms with Crippen molar-refractivity contribution in [2.45, 2.75) is 12.8 Å². The molecule has 0 aliphatic rings. The summed E-state index contributed by atoms with van der Waals surface area (Å²) in [6.45, 7) is 0.666. The summed E-state index contributed by atoms with van der Waals surface area (Å²) in [6, 6.07) is 9.61. The van der Waals surface area contributed by atoms with Crippen molar-refractivity contribution >= 4 is 11.6 Å². The van der Waals surface area contributed by atoms with Gasteiger partial charge in [-0.2, -0.15) is 0 Å². The van der Waals surface area contributed by atoms with Crippen molar-refractivity contribution in [3.05, 3.63) is 53.9 Å². The number of hydrogen-bond donors (Lipinski definition) is 1. The van der Waals surface area contributed by atoms with E-state index in [9.17, 15) is 4.79 Å². The van der Waals surface area contributed by atoms with E-state index < -0.39 is 0 Å². The van der Waals surface area contributed by atoms with E-state index in [-0.39, 0.29) is 5.91 Å². The van der Waals surface area contributed by atoms with Gasteiger partial charge in [-0.1, -0.05) is 12.1 Å². The molecule has 0 aliphatic carbocycles. The van der Waals surface area contributed by atoms with Crippen LogP contribution in [0.5, 0.6) is 5.75 Å². The highest BCUT2D eigenvalue weighted by atomic mass is 16.5. The van der Waals surface area contributed by atoms with Crippen LogP contribution >= 0.6 is 0 Å². The van der Waals surface area contributed by atoms with E-state index in [1.807, 2.05) is 24.3 Å². The lowest BCUT2D eigenvalue weighted by molar-refractivity contribution is 0.0794. The largest absolute Gasteiger partial charge is 0.497 e. The molecule has 0 atom stereocenters. The van der Waals surface area contributed by atoms with Crippen molar-refractivity contribution in [3.8, 4) is 5.75 Å². The summed E-state index contributed by atoms with van der Waals surface area (Å²) in [7, 11) is 3.43. The van der Waals surface area contributed by atoms with Crippen LogP contribution in [0.15, 0.2) is 42.7 Å². The Kier molecular flexibility index (Phi) is 5.36. The molecule has 2 aromatic rings. The normalized spacial score (nSPS) is 10.3. The van der Waals surface area contributed by atoms with E-state index in [1.54, 1.807) is 31.3 Å². The molecular formula is C17H21N3O2. The number of amides is 1. The summed E-state index contributed by atoms with van der Waals surface area (Å²) < 4.78 is 5.13. The fraction of sp³-hybridized carbons (Fsp3) is 0.294. The highest BCUT2D eigenvalue weighted by Crippen LogP contribution is 2.14. The summed E-state index contributed by atoms with van der Waals surface area (Å²) in [5.74, 6) is 0.753. The zero-order valence-corrected chi connectivity index (χ0v) is 13.0. The maximum Gasteiger partial charge on any atom is 0.257 e. The van der Waals surface area contributed by atoms with Crippen LogP contribution in [-0.2, 0) is 6.42 Å². The number of carbonyl (C=O) groups is 1. The number of hydrogen-bond acceptors (Lipinski definition) is 4. The van der Waals surface area contributed by atoms with E-state index in [0.29, 0.717) is 17.8 Å². The average molecular weight is 299 g/mol. The molecule has 2 N–H and O–H groups in total. The molecule has 1 heterocycles. The van der Waals surface area contributed by atoms with Crippen LogP contribution in [0, 0.1) is 0 Å². The molecule has 0 unspecified atom stereocenters. The first-order valence-corrected chi connectivity index (χ1v) is 7.19. The van der Waals surface area contributed by atoms with Gasteiger partial charge >= 0.3 is 0 Å². The van der Waals surface area contributed by atoms with Gasteiger partial charge in [0.05, 0.1) is 12.7 Å². The Balaban J connectivity index is 1.85. The van der Waals surface area contributed by atoms with E-state index in [1.165, 1.54) is 11.8 Å². The lowest BCUT2D eigenvalue weighted by Crippen LogP contribution is -2.28. The molecule has 0 aliphatic heterocycles. The van der Waals surface area contributed by atoms with E-state index >= 15 is 0 Å². The molecule has 22 heavy (non-hydrogen) atoms. The number of aromatic nitrogens is 1. The van der Waals surface area contributed by atoms with E-state index in [0.717, 1.165) is 18.6 Å². The van der Waals surface area contributed by atoms with Crippen molar-refractivity contribution in [3.63, 3.8) is 0 Å². The Hall–Kier alpha value is -2.56. The van der Waals surface area contributed by atoms with Gasteiger partial charge in [0.1, 0.15) is 5.75 Å². The first-order valence-electron chi connectivity index (χ1n) is 7.19. The zero-order valence-electron chi connectivity index (χ0n) is 13.0. The van der Waals surface area contributed by atoms with Crippen molar-refractivity contribution in [1.82, 2.24) is 9.88 Å². The molecular weight excluding hydrogens is 278 g/mol. The molecule has 1 amide bonds. The van der Waals surface area contributed by atoms with Gasteiger partial charge in [-0.05, 0) is 36.6 Å². The Labute approximate surface area is 130 Å². The van der Waals surface area contributed by atoms with E-state index in [2.05, 4.69) is 4.98 Å². The number of nitrogens with two attached hydrogens (primary N) is 1. The van der Waals surface area contributed by atoms with Crippen molar-refractivity contribution < 1.29 is 9.53 Å². The molecule has 0 saturated heterocycles. The Morgan fingerprint density at radius 2 is 2.00 bits per heavy atom. The minimum absolute atomic E-state index is 0.0969. The second-order valence-corrected chi connectivity index (χ2v) is 5.14. The quantitative estimate of drug-likeness (QED) is 0.889. The highest BCUT2D eigenvalue weighted by Gasteiger charge is 2.14. The summed E-state index contributed by atoms with van der Waals surface area (Å²) in [4.78, 5) is 17.9. The monoisotopic (exact) mass is 299 g/mol. The van der Waals surface area contributed by atoms with Crippen LogP contribution in [-0.4, -0.2) is 36.5 Å². The Bertz CT molecular complexity index is 626. The maximum absolute atomic E-state index is 12.3. The van der Waals surface area contributed by atoms with Gasteiger partial charge in [0.15, 0.2) is 0 Å². The van der Waals surface area contributed by atoms with Gasteiger partial charge in [0, 0.05) is 31.7 Å². The topological polar surface area (TPSA) is 68.5 Å². The predicted molar refractivity (Wildman–Crippen MR) is 86.9 cm³/mol. The number of benzene rings is 1. The molecule has 5 heteroatoms. The molecule has 0 spiro atoms. The highest BCUT2D eigenvalue weighted by molar-refractivity contribution is 5.98. The number of pyridine rings is 1. The number of anilines is 1. The van der Waals surface area contributed by atoms with Gasteiger partial charge in [-0.25, -0.2) is 0 Å². The third kappa shape index (κ3) is 3.97. The van der Waals surface area contributed by atoms with Crippen molar-refractivity contribution in [1.29, 1.82) is 0 Å². The molecule has 0 saturated carbocycles. The van der Waals surface area contributed by atoms with Crippen molar-refractivity contribution in [2.75, 3.05) is 26.4 Å². The van der Waals surface area contributed by atoms with Crippen LogP contribution < -0.4 is 10.5 Å². The minimum Gasteiger partial charge on any atom is -0.497 e. The van der Waals surface area contributed by atoms with E-state index in [4.69, 9.17) is 10.5 Å². The number of methoxy groups -OCH3 is 1. The summed E-state index contributed by atoms with van der Waals surface area (Å²) in [5.41, 5.74) is 7.94. The SMILES string of the molecule is COc1ccc(CCCN(C)C(=O)c2cnccc2N)cc1. The van der Waals surface area contributed by atoms with Crippen LogP contribution in [0.25, 0.3) is 0 Å². The fourth-order valence-corrected chi connectivity index (χ4v) is 2.20. The van der Waals surface area contributed by atoms with Gasteiger partial charge in [-0.15, -0.1) is 0 Å². The third-order valence-corrected chi connectivity index (χ3v) is 3.55. The first-order chi connectivity index (χ1) is 10.6. The van der Waals surface area contributed by atoms with Gasteiger partial charge in [0.25, 0.3) is 5.91 Å². The summed E-state index contributed by atoms with van der Waals surface area (Å²) >= 11 is 0. The number of carbonyl (C=O) groups excluding carboxylic acids is 1. The lowest BCUT2D eigenvalue weighted by atomic mass is 10.1. The molecule has 5 nitrogen and oxygen atoms in total. The third-order valence-electron chi connectivity index (χ3n) is 3.55. The molecule has 1 aromatic heterocycles. The molecule has 0 bridgehead atoms. The number of ether oxygens (including phenoxy) is 1. The number of aryl methyl sites for hydroxylation is 1. The van der Waals surface area contributed by atoms with Crippen LogP contribution in [0.3, 0.4) is 0 Å². The standard InChI is InChI=1S/C17H21N3O2/c1-20(17(21)15-12-19-10-9-16(15)18)11-3-4-13-5-7-14(22-2)8-6-13/h5-10,12H,3-4,11H2,1-2H3,(H2,18,19). The average Bonchev–Trinajstić information content (AvgIpc) is 2.55. The van der Waals surface area contributed by atoms with Crippen molar-refractivity contribution in [2.24, 2.45) is 0 Å². The maximum atomic E-state index is 12.3. The number of rotatable bonds is 6. The van der Waals surface area contributed by atoms with Crippen LogP contribution in [0.1, 0.15) is 22.3 Å². The number of nitrogen functional groups attached to an aromatic ring is 1. The second-order valence-electron chi connectivity index (χ2n) is 5.14. The lowest BCUT2D eigenvalue weighted by Gasteiger charge is -2.17. The van der Waals surface area contributed by atoms with Gasteiger partial charge in [-0.3, -0.25) is 9.78 Å². The predicted octanol–water partition coefficient (Wildman–Crippen LogP) is 2.38. The fourth-order valence-electron chi connectivity index (χ4n) is 2.20. The molecule has 1 aromatic carbocycles. The van der Waals surface area contributed by atoms with Crippen LogP contribution in [0.4, 0.5) is 5.69 Å². The molecule has 2 rings (SSSR count). The van der Waals surface area contributed by atoms with Gasteiger partial charge < -0.3 is 15.4 Å². The first kappa shape index (κ1) is 15.8. The summed E-state index contributed by atoms with van der Waals surface area (Å²) in [6.07, 6.45) is 4.88. The molecule has 0 fully saturated rings. The number of nitrogens with zero attached hydrogens (tertiary/aromatic N) is 2. The smallest absolute Gasteiger partial charge is 0.257 e.